The van der Waals surface area contributed by atoms with Gasteiger partial charge in [-0.2, -0.15) is 5.10 Å². The van der Waals surface area contributed by atoms with Crippen molar-refractivity contribution in [2.45, 2.75) is 39.0 Å². The summed E-state index contributed by atoms with van der Waals surface area (Å²) in [6.07, 6.45) is 0.761. The number of hydrogen-bond acceptors (Lipinski definition) is 5. The number of rotatable bonds is 7. The van der Waals surface area contributed by atoms with Gasteiger partial charge in [-0.15, -0.1) is 0 Å². The maximum absolute atomic E-state index is 12.3. The molecular weight excluding hydrogens is 545 g/mol. The van der Waals surface area contributed by atoms with Crippen LogP contribution in [0.3, 0.4) is 0 Å². The van der Waals surface area contributed by atoms with Gasteiger partial charge in [-0.3, -0.25) is 10.00 Å². The fourth-order valence-corrected chi connectivity index (χ4v) is 4.45. The van der Waals surface area contributed by atoms with Crippen molar-refractivity contribution in [3.63, 3.8) is 0 Å². The van der Waals surface area contributed by atoms with Crippen LogP contribution in [0, 0.1) is 6.92 Å². The van der Waals surface area contributed by atoms with Gasteiger partial charge in [-0.25, -0.2) is 4.79 Å². The minimum atomic E-state index is -0.511. The topological polar surface area (TPSA) is 74.6 Å². The highest BCUT2D eigenvalue weighted by atomic mass is 79.9. The molecule has 3 aromatic rings. The number of carbonyl (C=O) groups is 1. The van der Waals surface area contributed by atoms with Crippen LogP contribution in [0.15, 0.2) is 46.9 Å². The molecule has 0 unspecified atom stereocenters. The van der Waals surface area contributed by atoms with Gasteiger partial charge in [0, 0.05) is 50.2 Å². The van der Waals surface area contributed by atoms with Gasteiger partial charge >= 0.3 is 6.09 Å². The summed E-state index contributed by atoms with van der Waals surface area (Å²) in [6, 6.07) is 12.9. The smallest absolute Gasteiger partial charge is 0.413 e. The molecule has 0 atom stereocenters. The van der Waals surface area contributed by atoms with Crippen molar-refractivity contribution in [2.75, 3.05) is 18.5 Å². The number of aryl methyl sites for hydroxylation is 1. The normalized spacial score (nSPS) is 14.1. The van der Waals surface area contributed by atoms with Crippen molar-refractivity contribution in [1.82, 2.24) is 9.78 Å². The molecule has 1 aromatic heterocycles. The predicted molar refractivity (Wildman–Crippen MR) is 135 cm³/mol. The lowest BCUT2D eigenvalue weighted by Crippen LogP contribution is -2.28. The molecule has 1 N–H and O–H groups in total. The lowest BCUT2D eigenvalue weighted by molar-refractivity contribution is 0.00590. The fraction of sp³-hybridized carbons (Fsp3) is 0.333. The Hall–Kier alpha value is -2.26. The van der Waals surface area contributed by atoms with Crippen LogP contribution in [0.25, 0.3) is 0 Å². The van der Waals surface area contributed by atoms with Crippen LogP contribution in [0.4, 0.5) is 10.6 Å². The molecule has 1 amide bonds. The number of halogens is 3. The van der Waals surface area contributed by atoms with Crippen LogP contribution in [-0.2, 0) is 22.6 Å². The number of benzene rings is 2. The van der Waals surface area contributed by atoms with Crippen molar-refractivity contribution in [1.29, 1.82) is 0 Å². The van der Waals surface area contributed by atoms with E-state index in [0.29, 0.717) is 60.8 Å². The first-order valence-corrected chi connectivity index (χ1v) is 12.4. The van der Waals surface area contributed by atoms with E-state index in [1.165, 1.54) is 0 Å². The van der Waals surface area contributed by atoms with Crippen molar-refractivity contribution in [2.24, 2.45) is 0 Å². The minimum absolute atomic E-state index is 0.132. The summed E-state index contributed by atoms with van der Waals surface area (Å²) in [7, 11) is 0. The van der Waals surface area contributed by atoms with Crippen LogP contribution < -0.4 is 10.1 Å². The molecule has 2 heterocycles. The van der Waals surface area contributed by atoms with Crippen molar-refractivity contribution in [3.8, 4) is 5.75 Å². The Balaban J connectivity index is 1.43. The Morgan fingerprint density at radius 2 is 1.97 bits per heavy atom. The lowest BCUT2D eigenvalue weighted by atomic mass is 10.2. The van der Waals surface area contributed by atoms with Gasteiger partial charge in [0.15, 0.2) is 5.82 Å². The Kier molecular flexibility index (Phi) is 8.37. The first kappa shape index (κ1) is 24.9. The van der Waals surface area contributed by atoms with Gasteiger partial charge in [0.25, 0.3) is 0 Å². The zero-order chi connectivity index (χ0) is 24.1. The Morgan fingerprint density at radius 3 is 2.74 bits per heavy atom. The maximum Gasteiger partial charge on any atom is 0.413 e. The van der Waals surface area contributed by atoms with E-state index in [9.17, 15) is 4.79 Å². The molecule has 180 valence electrons. The van der Waals surface area contributed by atoms with Crippen molar-refractivity contribution in [3.05, 3.63) is 73.8 Å². The summed E-state index contributed by atoms with van der Waals surface area (Å²) in [5.74, 6) is 1.14. The zero-order valence-electron chi connectivity index (χ0n) is 18.5. The molecule has 1 aliphatic rings. The summed E-state index contributed by atoms with van der Waals surface area (Å²) in [6.45, 7) is 3.88. The maximum atomic E-state index is 12.3. The molecule has 0 saturated carbocycles. The number of carbonyl (C=O) groups excluding carboxylic acids is 1. The van der Waals surface area contributed by atoms with E-state index in [4.69, 9.17) is 37.4 Å². The molecule has 4 rings (SSSR count). The van der Waals surface area contributed by atoms with Crippen molar-refractivity contribution >= 4 is 51.0 Å². The molecule has 0 radical (unpaired) electrons. The van der Waals surface area contributed by atoms with Gasteiger partial charge < -0.3 is 14.2 Å². The van der Waals surface area contributed by atoms with Crippen molar-refractivity contribution < 1.29 is 19.0 Å². The van der Waals surface area contributed by atoms with E-state index in [1.807, 2.05) is 31.2 Å². The average molecular weight is 569 g/mol. The monoisotopic (exact) mass is 567 g/mol. The van der Waals surface area contributed by atoms with Crippen LogP contribution >= 0.6 is 39.1 Å². The molecule has 0 spiro atoms. The van der Waals surface area contributed by atoms with E-state index in [-0.39, 0.29) is 6.10 Å². The SMILES string of the molecule is Cc1cc(NC(=O)OC2CCOCC2)nn1Cc1cc(Br)ccc1OCc1ccc(Cl)cc1Cl. The highest BCUT2D eigenvalue weighted by Crippen LogP contribution is 2.28. The molecule has 1 fully saturated rings. The standard InChI is InChI=1S/C24H24BrCl2N3O4/c1-15-10-23(28-24(31)34-20-6-8-32-9-7-20)29-30(15)13-17-11-18(25)3-5-22(17)33-14-16-2-4-19(26)12-21(16)27/h2-5,10-12,20H,6-9,13-14H2,1H3,(H,28,29,31). The number of aromatic nitrogens is 2. The van der Waals surface area contributed by atoms with Crippen LogP contribution in [0.2, 0.25) is 10.0 Å². The van der Waals surface area contributed by atoms with Crippen LogP contribution in [0.1, 0.15) is 29.7 Å². The summed E-state index contributed by atoms with van der Waals surface area (Å²) in [5, 5.41) is 8.37. The number of amides is 1. The second-order valence-corrected chi connectivity index (χ2v) is 9.71. The average Bonchev–Trinajstić information content (AvgIpc) is 3.13. The Labute approximate surface area is 216 Å². The molecular formula is C24H24BrCl2N3O4. The third kappa shape index (κ3) is 6.66. The molecule has 34 heavy (non-hydrogen) atoms. The van der Waals surface area contributed by atoms with Gasteiger partial charge in [0.2, 0.25) is 0 Å². The Bertz CT molecular complexity index is 1170. The molecule has 0 bridgehead atoms. The van der Waals surface area contributed by atoms with E-state index >= 15 is 0 Å². The van der Waals surface area contributed by atoms with Gasteiger partial charge in [0.05, 0.1) is 19.8 Å². The Morgan fingerprint density at radius 1 is 1.18 bits per heavy atom. The third-order valence-electron chi connectivity index (χ3n) is 5.39. The summed E-state index contributed by atoms with van der Waals surface area (Å²) in [4.78, 5) is 12.3. The molecule has 7 nitrogen and oxygen atoms in total. The fourth-order valence-electron chi connectivity index (χ4n) is 3.58. The van der Waals surface area contributed by atoms with Crippen LogP contribution in [-0.4, -0.2) is 35.2 Å². The summed E-state index contributed by atoms with van der Waals surface area (Å²) < 4.78 is 19.6. The first-order chi connectivity index (χ1) is 16.4. The first-order valence-electron chi connectivity index (χ1n) is 10.8. The van der Waals surface area contributed by atoms with E-state index in [0.717, 1.165) is 21.3 Å². The number of nitrogens with zero attached hydrogens (tertiary/aromatic N) is 2. The molecule has 2 aromatic carbocycles. The summed E-state index contributed by atoms with van der Waals surface area (Å²) >= 11 is 15.8. The third-order valence-corrected chi connectivity index (χ3v) is 6.47. The van der Waals surface area contributed by atoms with E-state index < -0.39 is 6.09 Å². The van der Waals surface area contributed by atoms with Gasteiger partial charge in [-0.05, 0) is 37.3 Å². The molecule has 1 aliphatic heterocycles. The zero-order valence-corrected chi connectivity index (χ0v) is 21.6. The van der Waals surface area contributed by atoms with E-state index in [2.05, 4.69) is 26.3 Å². The highest BCUT2D eigenvalue weighted by molar-refractivity contribution is 9.10. The highest BCUT2D eigenvalue weighted by Gasteiger charge is 2.19. The number of nitrogens with one attached hydrogen (secondary N) is 1. The van der Waals surface area contributed by atoms with E-state index in [1.54, 1.807) is 22.9 Å². The van der Waals surface area contributed by atoms with Gasteiger partial charge in [-0.1, -0.05) is 45.2 Å². The molecule has 0 aliphatic carbocycles. The number of ether oxygens (including phenoxy) is 3. The number of hydrogen-bond donors (Lipinski definition) is 1. The second-order valence-electron chi connectivity index (χ2n) is 7.95. The lowest BCUT2D eigenvalue weighted by Gasteiger charge is -2.21. The van der Waals surface area contributed by atoms with Gasteiger partial charge in [0.1, 0.15) is 18.5 Å². The predicted octanol–water partition coefficient (Wildman–Crippen LogP) is 6.62. The molecule has 1 saturated heterocycles. The second kappa shape index (κ2) is 11.4. The molecule has 10 heteroatoms. The minimum Gasteiger partial charge on any atom is -0.488 e. The quantitative estimate of drug-likeness (QED) is 0.347. The summed E-state index contributed by atoms with van der Waals surface area (Å²) in [5.41, 5.74) is 2.64. The largest absolute Gasteiger partial charge is 0.488 e. The van der Waals surface area contributed by atoms with Crippen LogP contribution in [0.5, 0.6) is 5.75 Å². The number of anilines is 1.